The predicted octanol–water partition coefficient (Wildman–Crippen LogP) is 2.10. The first-order valence-electron chi connectivity index (χ1n) is 7.45. The van der Waals surface area contributed by atoms with Gasteiger partial charge in [0.2, 0.25) is 5.88 Å². The number of nitrogens with zero attached hydrogens (tertiary/aromatic N) is 3. The van der Waals surface area contributed by atoms with Gasteiger partial charge in [-0.3, -0.25) is 4.79 Å². The second-order valence-corrected chi connectivity index (χ2v) is 5.26. The Hall–Kier alpha value is -3.22. The summed E-state index contributed by atoms with van der Waals surface area (Å²) in [5.74, 6) is 0.612. The summed E-state index contributed by atoms with van der Waals surface area (Å²) < 4.78 is 5.35. The molecule has 0 unspecified atom stereocenters. The lowest BCUT2D eigenvalue weighted by molar-refractivity contribution is -0.123. The minimum Gasteiger partial charge on any atom is -0.467 e. The van der Waals surface area contributed by atoms with Gasteiger partial charge in [0, 0.05) is 34.4 Å². The fourth-order valence-corrected chi connectivity index (χ4v) is 2.32. The molecule has 0 saturated carbocycles. The van der Waals surface area contributed by atoms with Gasteiger partial charge in [0.25, 0.3) is 5.91 Å². The van der Waals surface area contributed by atoms with E-state index in [0.717, 1.165) is 22.2 Å². The van der Waals surface area contributed by atoms with Gasteiger partial charge in [-0.25, -0.2) is 10.4 Å². The highest BCUT2D eigenvalue weighted by Crippen LogP contribution is 2.15. The minimum atomic E-state index is -0.360. The van der Waals surface area contributed by atoms with E-state index in [1.54, 1.807) is 19.2 Å². The number of aromatic nitrogens is 3. The third-order valence-corrected chi connectivity index (χ3v) is 3.32. The number of amides is 1. The molecule has 122 valence electrons. The third kappa shape index (κ3) is 3.75. The molecule has 3 rings (SSSR count). The molecule has 0 aliphatic heterocycles. The summed E-state index contributed by atoms with van der Waals surface area (Å²) in [4.78, 5) is 23.2. The van der Waals surface area contributed by atoms with Crippen LogP contribution >= 0.6 is 0 Å². The van der Waals surface area contributed by atoms with E-state index >= 15 is 0 Å². The Labute approximate surface area is 138 Å². The zero-order chi connectivity index (χ0) is 16.9. The molecule has 7 nitrogen and oxygen atoms in total. The number of fused-ring (bicyclic) bond motifs is 1. The van der Waals surface area contributed by atoms with Gasteiger partial charge in [0.1, 0.15) is 5.82 Å². The number of rotatable bonds is 5. The molecule has 1 aromatic carbocycles. The van der Waals surface area contributed by atoms with Crippen molar-refractivity contribution in [1.29, 1.82) is 0 Å². The smallest absolute Gasteiger partial charge is 0.278 e. The molecule has 0 aliphatic carbocycles. The van der Waals surface area contributed by atoms with Crippen LogP contribution in [0.5, 0.6) is 5.88 Å². The molecule has 0 fully saturated rings. The Balaban J connectivity index is 1.56. The summed E-state index contributed by atoms with van der Waals surface area (Å²) in [6.45, 7) is 3.45. The first-order chi connectivity index (χ1) is 11.6. The molecule has 0 spiro atoms. The summed E-state index contributed by atoms with van der Waals surface area (Å²) >= 11 is 0. The molecule has 0 radical (unpaired) electrons. The van der Waals surface area contributed by atoms with Crippen molar-refractivity contribution in [2.45, 2.75) is 13.8 Å². The number of ether oxygens (including phenoxy) is 1. The average Bonchev–Trinajstić information content (AvgIpc) is 3.01. The number of aryl methyl sites for hydroxylation is 2. The molecular weight excluding hydrogens is 306 g/mol. The standard InChI is InChI=1S/C17H17N5O2/c1-11-8-17(21-12(2)20-11)24-10-16(23)22-19-9-13-4-3-5-15-14(13)6-7-18-15/h3-9,18H,10H2,1-2H3,(H,22,23). The second-order valence-electron chi connectivity index (χ2n) is 5.26. The summed E-state index contributed by atoms with van der Waals surface area (Å²) in [7, 11) is 0. The molecule has 2 heterocycles. The number of hydrazone groups is 1. The van der Waals surface area contributed by atoms with Crippen LogP contribution in [0.25, 0.3) is 10.9 Å². The fraction of sp³-hybridized carbons (Fsp3) is 0.176. The van der Waals surface area contributed by atoms with E-state index in [0.29, 0.717) is 11.7 Å². The van der Waals surface area contributed by atoms with Gasteiger partial charge in [-0.1, -0.05) is 12.1 Å². The van der Waals surface area contributed by atoms with Crippen LogP contribution in [-0.2, 0) is 4.79 Å². The highest BCUT2D eigenvalue weighted by molar-refractivity contribution is 5.98. The molecule has 0 saturated heterocycles. The lowest BCUT2D eigenvalue weighted by Gasteiger charge is -2.05. The first-order valence-corrected chi connectivity index (χ1v) is 7.45. The van der Waals surface area contributed by atoms with Crippen molar-refractivity contribution in [3.8, 4) is 5.88 Å². The van der Waals surface area contributed by atoms with E-state index in [1.165, 1.54) is 0 Å². The molecule has 0 aliphatic rings. The van der Waals surface area contributed by atoms with Crippen molar-refractivity contribution in [3.05, 3.63) is 53.6 Å². The van der Waals surface area contributed by atoms with Crippen molar-refractivity contribution in [2.24, 2.45) is 5.10 Å². The summed E-state index contributed by atoms with van der Waals surface area (Å²) in [5.41, 5.74) is 5.16. The van der Waals surface area contributed by atoms with E-state index in [2.05, 4.69) is 25.5 Å². The lowest BCUT2D eigenvalue weighted by Crippen LogP contribution is -2.25. The minimum absolute atomic E-state index is 0.165. The molecule has 3 aromatic rings. The van der Waals surface area contributed by atoms with Crippen molar-refractivity contribution >= 4 is 23.0 Å². The van der Waals surface area contributed by atoms with Crippen LogP contribution in [0.3, 0.4) is 0 Å². The van der Waals surface area contributed by atoms with E-state index in [4.69, 9.17) is 4.74 Å². The molecular formula is C17H17N5O2. The van der Waals surface area contributed by atoms with Crippen molar-refractivity contribution in [2.75, 3.05) is 6.61 Å². The number of nitrogens with one attached hydrogen (secondary N) is 2. The van der Waals surface area contributed by atoms with E-state index in [9.17, 15) is 4.79 Å². The molecule has 0 bridgehead atoms. The van der Waals surface area contributed by atoms with Gasteiger partial charge in [-0.2, -0.15) is 10.1 Å². The Morgan fingerprint density at radius 3 is 3.04 bits per heavy atom. The van der Waals surface area contributed by atoms with Crippen molar-refractivity contribution in [1.82, 2.24) is 20.4 Å². The van der Waals surface area contributed by atoms with Crippen LogP contribution in [0.4, 0.5) is 0 Å². The topological polar surface area (TPSA) is 92.3 Å². The molecule has 0 atom stereocenters. The maximum atomic E-state index is 11.8. The molecule has 7 heteroatoms. The largest absolute Gasteiger partial charge is 0.467 e. The Morgan fingerprint density at radius 2 is 2.21 bits per heavy atom. The Morgan fingerprint density at radius 1 is 1.33 bits per heavy atom. The fourth-order valence-electron chi connectivity index (χ4n) is 2.32. The highest BCUT2D eigenvalue weighted by Gasteiger charge is 2.04. The summed E-state index contributed by atoms with van der Waals surface area (Å²) in [5, 5.41) is 5.01. The van der Waals surface area contributed by atoms with Crippen LogP contribution in [0, 0.1) is 13.8 Å². The van der Waals surface area contributed by atoms with Gasteiger partial charge in [-0.15, -0.1) is 0 Å². The van der Waals surface area contributed by atoms with Crippen LogP contribution in [-0.4, -0.2) is 33.7 Å². The van der Waals surface area contributed by atoms with Gasteiger partial charge in [0.05, 0.1) is 6.21 Å². The van der Waals surface area contributed by atoms with Gasteiger partial charge >= 0.3 is 0 Å². The Bertz CT molecular complexity index is 881. The average molecular weight is 323 g/mol. The molecule has 24 heavy (non-hydrogen) atoms. The number of aromatic amines is 1. The zero-order valence-corrected chi connectivity index (χ0v) is 13.4. The number of carbonyl (C=O) groups is 1. The van der Waals surface area contributed by atoms with E-state index in [1.807, 2.05) is 37.4 Å². The number of H-pyrrole nitrogens is 1. The van der Waals surface area contributed by atoms with E-state index < -0.39 is 0 Å². The van der Waals surface area contributed by atoms with Crippen molar-refractivity contribution < 1.29 is 9.53 Å². The zero-order valence-electron chi connectivity index (χ0n) is 13.4. The molecule has 1 amide bonds. The first kappa shape index (κ1) is 15.7. The van der Waals surface area contributed by atoms with Gasteiger partial charge < -0.3 is 9.72 Å². The van der Waals surface area contributed by atoms with Crippen LogP contribution in [0.2, 0.25) is 0 Å². The monoisotopic (exact) mass is 323 g/mol. The van der Waals surface area contributed by atoms with Gasteiger partial charge in [-0.05, 0) is 26.0 Å². The second kappa shape index (κ2) is 6.91. The Kier molecular flexibility index (Phi) is 4.51. The third-order valence-electron chi connectivity index (χ3n) is 3.32. The molecule has 2 aromatic heterocycles. The summed E-state index contributed by atoms with van der Waals surface area (Å²) in [6.07, 6.45) is 3.47. The number of carbonyl (C=O) groups excluding carboxylic acids is 1. The van der Waals surface area contributed by atoms with Crippen LogP contribution < -0.4 is 10.2 Å². The maximum absolute atomic E-state index is 11.8. The van der Waals surface area contributed by atoms with Crippen molar-refractivity contribution in [3.63, 3.8) is 0 Å². The molecule has 2 N–H and O–H groups in total. The summed E-state index contributed by atoms with van der Waals surface area (Å²) in [6, 6.07) is 9.46. The highest BCUT2D eigenvalue weighted by atomic mass is 16.5. The van der Waals surface area contributed by atoms with Crippen LogP contribution in [0.1, 0.15) is 17.1 Å². The SMILES string of the molecule is Cc1cc(OCC(=O)NN=Cc2cccc3[nH]ccc23)nc(C)n1. The number of benzene rings is 1. The maximum Gasteiger partial charge on any atom is 0.278 e. The quantitative estimate of drug-likeness (QED) is 0.555. The van der Waals surface area contributed by atoms with E-state index in [-0.39, 0.29) is 12.5 Å². The number of hydrogen-bond donors (Lipinski definition) is 2. The van der Waals surface area contributed by atoms with Crippen LogP contribution in [0.15, 0.2) is 41.6 Å². The van der Waals surface area contributed by atoms with Gasteiger partial charge in [0.15, 0.2) is 6.61 Å². The normalized spacial score (nSPS) is 11.1. The lowest BCUT2D eigenvalue weighted by atomic mass is 10.1. The predicted molar refractivity (Wildman–Crippen MR) is 91.0 cm³/mol. The number of hydrogen-bond acceptors (Lipinski definition) is 5.